The average Bonchev–Trinajstić information content (AvgIpc) is 2.56. The van der Waals surface area contributed by atoms with Crippen LogP contribution in [0.3, 0.4) is 0 Å². The number of aryl methyl sites for hydroxylation is 3. The third kappa shape index (κ3) is 4.68. The van der Waals surface area contributed by atoms with Crippen molar-refractivity contribution in [2.75, 3.05) is 13.3 Å². The highest BCUT2D eigenvalue weighted by Crippen LogP contribution is 2.21. The fourth-order valence-electron chi connectivity index (χ4n) is 2.59. The Balaban J connectivity index is 3.25. The minimum Gasteiger partial charge on any atom is -0.611 e. The summed E-state index contributed by atoms with van der Waals surface area (Å²) in [5.74, 6) is -1.27. The molecule has 0 N–H and O–H groups in total. The maximum absolute atomic E-state index is 12.8. The summed E-state index contributed by atoms with van der Waals surface area (Å²) in [5.41, 5.74) is 3.30. The predicted octanol–water partition coefficient (Wildman–Crippen LogP) is 2.86. The molecule has 0 aliphatic heterocycles. The Labute approximate surface area is 147 Å². The first-order chi connectivity index (χ1) is 11.3. The van der Waals surface area contributed by atoms with Gasteiger partial charge in [-0.15, -0.1) is 5.10 Å². The molecule has 5 nitrogen and oxygen atoms in total. The zero-order valence-corrected chi connectivity index (χ0v) is 16.1. The number of nitrogens with zero attached hydrogens (tertiary/aromatic N) is 2. The highest BCUT2D eigenvalue weighted by Gasteiger charge is 2.26. The number of hydrogen-bond acceptors (Lipinski definition) is 4. The smallest absolute Gasteiger partial charge is 0.314 e. The molecule has 132 valence electrons. The quantitative estimate of drug-likeness (QED) is 0.198. The molecule has 24 heavy (non-hydrogen) atoms. The molecule has 1 unspecified atom stereocenters. The van der Waals surface area contributed by atoms with Gasteiger partial charge in [0.15, 0.2) is 0 Å². The fraction of sp³-hybridized carbons (Fsp3) is 0.500. The number of carbonyl (C=O) groups excluding carboxylic acids is 2. The summed E-state index contributed by atoms with van der Waals surface area (Å²) < 4.78 is 11.6. The average molecular weight is 350 g/mol. The lowest BCUT2D eigenvalue weighted by Crippen LogP contribution is -2.32. The Bertz CT molecular complexity index is 629. The van der Waals surface area contributed by atoms with Gasteiger partial charge in [-0.05, 0) is 42.1 Å². The molecule has 6 heteroatoms. The van der Waals surface area contributed by atoms with Crippen molar-refractivity contribution in [1.29, 1.82) is 0 Å². The molecule has 0 aromatic heterocycles. The standard InChI is InChI=1S/C18H26N2O3S/c1-7-13-10-12(4)11-14(8-2)16(13)17(21)18(22)20(5)19-15(9-3)24(6)23/h10-11H,7-9H2,1-6H3. The zero-order chi connectivity index (χ0) is 18.4. The predicted molar refractivity (Wildman–Crippen MR) is 98.8 cm³/mol. The van der Waals surface area contributed by atoms with Crippen LogP contribution in [0.4, 0.5) is 0 Å². The van der Waals surface area contributed by atoms with Crippen LogP contribution in [-0.2, 0) is 28.8 Å². The molecule has 0 aliphatic rings. The number of amides is 1. The summed E-state index contributed by atoms with van der Waals surface area (Å²) in [5, 5.41) is 5.43. The third-order valence-corrected chi connectivity index (χ3v) is 4.85. The van der Waals surface area contributed by atoms with Gasteiger partial charge in [0.1, 0.15) is 6.26 Å². The van der Waals surface area contributed by atoms with Crippen LogP contribution in [0.15, 0.2) is 17.2 Å². The summed E-state index contributed by atoms with van der Waals surface area (Å²) in [4.78, 5) is 25.3. The molecule has 0 spiro atoms. The van der Waals surface area contributed by atoms with Crippen molar-refractivity contribution in [3.8, 4) is 0 Å². The van der Waals surface area contributed by atoms with Gasteiger partial charge in [0.2, 0.25) is 5.04 Å². The van der Waals surface area contributed by atoms with E-state index in [1.54, 1.807) is 0 Å². The number of likely N-dealkylation sites (N-methyl/N-ethyl adjacent to an activating group) is 1. The summed E-state index contributed by atoms with van der Waals surface area (Å²) in [6, 6.07) is 3.89. The van der Waals surface area contributed by atoms with Gasteiger partial charge in [-0.1, -0.05) is 38.5 Å². The van der Waals surface area contributed by atoms with Crippen LogP contribution in [0.5, 0.6) is 0 Å². The number of Topliss-reactive ketones (excluding diaryl/α,β-unsaturated/α-hetero) is 1. The highest BCUT2D eigenvalue weighted by molar-refractivity contribution is 8.05. The van der Waals surface area contributed by atoms with Crippen LogP contribution in [0.2, 0.25) is 0 Å². The van der Waals surface area contributed by atoms with Crippen LogP contribution in [0.25, 0.3) is 0 Å². The molecule has 0 radical (unpaired) electrons. The number of hydrogen-bond donors (Lipinski definition) is 0. The Hall–Kier alpha value is -1.66. The van der Waals surface area contributed by atoms with Gasteiger partial charge >= 0.3 is 5.91 Å². The summed E-state index contributed by atoms with van der Waals surface area (Å²) in [7, 11) is 1.42. The van der Waals surface area contributed by atoms with Crippen molar-refractivity contribution >= 4 is 27.9 Å². The zero-order valence-electron chi connectivity index (χ0n) is 15.3. The fourth-order valence-corrected chi connectivity index (χ4v) is 3.23. The minimum atomic E-state index is -1.27. The van der Waals surface area contributed by atoms with E-state index in [1.165, 1.54) is 13.3 Å². The van der Waals surface area contributed by atoms with Crippen molar-refractivity contribution in [3.05, 3.63) is 34.4 Å². The molecule has 1 atom stereocenters. The molecule has 0 bridgehead atoms. The van der Waals surface area contributed by atoms with Crippen molar-refractivity contribution < 1.29 is 14.1 Å². The Kier molecular flexibility index (Phi) is 7.63. The van der Waals surface area contributed by atoms with Gasteiger partial charge in [0, 0.05) is 19.0 Å². The van der Waals surface area contributed by atoms with Crippen LogP contribution in [0.1, 0.15) is 54.2 Å². The summed E-state index contributed by atoms with van der Waals surface area (Å²) in [6.45, 7) is 7.72. The van der Waals surface area contributed by atoms with E-state index < -0.39 is 22.9 Å². The van der Waals surface area contributed by atoms with Gasteiger partial charge in [0.05, 0.1) is 0 Å². The first-order valence-electron chi connectivity index (χ1n) is 8.12. The van der Waals surface area contributed by atoms with Gasteiger partial charge in [-0.25, -0.2) is 5.01 Å². The Morgan fingerprint density at radius 2 is 1.67 bits per heavy atom. The first-order valence-corrected chi connectivity index (χ1v) is 9.68. The molecule has 1 rings (SSSR count). The van der Waals surface area contributed by atoms with Gasteiger partial charge < -0.3 is 4.55 Å². The first kappa shape index (κ1) is 20.4. The van der Waals surface area contributed by atoms with Crippen molar-refractivity contribution in [2.24, 2.45) is 5.10 Å². The van der Waals surface area contributed by atoms with Crippen LogP contribution in [0, 0.1) is 6.92 Å². The molecule has 1 aromatic rings. The van der Waals surface area contributed by atoms with Gasteiger partial charge in [-0.3, -0.25) is 9.59 Å². The van der Waals surface area contributed by atoms with E-state index in [0.29, 0.717) is 29.9 Å². The second kappa shape index (κ2) is 8.99. The van der Waals surface area contributed by atoms with Crippen LogP contribution in [-0.4, -0.2) is 39.6 Å². The van der Waals surface area contributed by atoms with E-state index in [4.69, 9.17) is 0 Å². The topological polar surface area (TPSA) is 72.8 Å². The van der Waals surface area contributed by atoms with E-state index in [2.05, 4.69) is 5.10 Å². The lowest BCUT2D eigenvalue weighted by atomic mass is 9.92. The summed E-state index contributed by atoms with van der Waals surface area (Å²) >= 11 is -1.27. The second-order valence-electron chi connectivity index (χ2n) is 5.62. The Morgan fingerprint density at radius 3 is 2.04 bits per heavy atom. The van der Waals surface area contributed by atoms with E-state index in [9.17, 15) is 14.1 Å². The SMILES string of the molecule is CCC(=NN(C)C(=O)C(=O)c1c(CC)cc(C)cc1CC)[S+](C)[O-]. The monoisotopic (exact) mass is 350 g/mol. The van der Waals surface area contributed by atoms with E-state index in [1.807, 2.05) is 39.8 Å². The van der Waals surface area contributed by atoms with Gasteiger partial charge in [-0.2, -0.15) is 0 Å². The molecule has 0 heterocycles. The van der Waals surface area contributed by atoms with Gasteiger partial charge in [0.25, 0.3) is 5.78 Å². The van der Waals surface area contributed by atoms with Crippen molar-refractivity contribution in [1.82, 2.24) is 5.01 Å². The highest BCUT2D eigenvalue weighted by atomic mass is 32.2. The van der Waals surface area contributed by atoms with E-state index in [-0.39, 0.29) is 0 Å². The summed E-state index contributed by atoms with van der Waals surface area (Å²) in [6.07, 6.45) is 3.32. The normalized spacial score (nSPS) is 12.9. The Morgan fingerprint density at radius 1 is 1.17 bits per heavy atom. The molecule has 1 aromatic carbocycles. The molecule has 0 saturated carbocycles. The molecule has 0 aliphatic carbocycles. The van der Waals surface area contributed by atoms with Crippen molar-refractivity contribution in [3.63, 3.8) is 0 Å². The lowest BCUT2D eigenvalue weighted by molar-refractivity contribution is -0.125. The lowest BCUT2D eigenvalue weighted by Gasteiger charge is -2.16. The largest absolute Gasteiger partial charge is 0.611 e. The van der Waals surface area contributed by atoms with Crippen molar-refractivity contribution in [2.45, 2.75) is 47.0 Å². The molecule has 0 fully saturated rings. The maximum Gasteiger partial charge on any atom is 0.314 e. The van der Waals surface area contributed by atoms with E-state index >= 15 is 0 Å². The number of carbonyl (C=O) groups is 2. The second-order valence-corrected chi connectivity index (χ2v) is 7.00. The molecule has 0 saturated heterocycles. The number of benzene rings is 1. The number of ketones is 1. The minimum absolute atomic E-state index is 0.383. The molecule has 1 amide bonds. The number of hydrazone groups is 1. The van der Waals surface area contributed by atoms with Crippen LogP contribution < -0.4 is 0 Å². The molecular weight excluding hydrogens is 324 g/mol. The third-order valence-electron chi connectivity index (χ3n) is 3.82. The maximum atomic E-state index is 12.8. The van der Waals surface area contributed by atoms with E-state index in [0.717, 1.165) is 21.7 Å². The number of rotatable bonds is 6. The molecular formula is C18H26N2O3S. The van der Waals surface area contributed by atoms with Crippen LogP contribution >= 0.6 is 0 Å².